The van der Waals surface area contributed by atoms with Gasteiger partial charge in [-0.05, 0) is 43.4 Å². The molecule has 1 saturated heterocycles. The molecule has 0 bridgehead atoms. The van der Waals surface area contributed by atoms with E-state index in [9.17, 15) is 0 Å². The molecule has 4 unspecified atom stereocenters. The van der Waals surface area contributed by atoms with Crippen molar-refractivity contribution in [2.45, 2.75) is 51.7 Å². The van der Waals surface area contributed by atoms with Gasteiger partial charge in [0, 0.05) is 18.6 Å². The fourth-order valence-electron chi connectivity index (χ4n) is 3.45. The van der Waals surface area contributed by atoms with Crippen LogP contribution < -0.4 is 10.5 Å². The molecule has 3 nitrogen and oxygen atoms in total. The molecule has 0 aromatic heterocycles. The van der Waals surface area contributed by atoms with Crippen molar-refractivity contribution >= 4 is 0 Å². The molecule has 1 heterocycles. The van der Waals surface area contributed by atoms with Crippen LogP contribution in [-0.4, -0.2) is 30.6 Å². The molecule has 2 rings (SSSR count). The molecule has 1 aromatic carbocycles. The highest BCUT2D eigenvalue weighted by atomic mass is 16.5. The third kappa shape index (κ3) is 3.15. The van der Waals surface area contributed by atoms with Crippen LogP contribution in [0.3, 0.4) is 0 Å². The maximum Gasteiger partial charge on any atom is 0.119 e. The van der Waals surface area contributed by atoms with Gasteiger partial charge in [0.15, 0.2) is 0 Å². The standard InChI is InChI=1S/C17H28N2O/c1-5-16(18)17(19-11-12(2)9-13(19)3)14-7-6-8-15(10-14)20-4/h6-8,10,12-13,16-17H,5,9,11,18H2,1-4H3. The lowest BCUT2D eigenvalue weighted by Crippen LogP contribution is -2.42. The third-order valence-corrected chi connectivity index (χ3v) is 4.50. The summed E-state index contributed by atoms with van der Waals surface area (Å²) < 4.78 is 5.37. The molecule has 1 aliphatic heterocycles. The highest BCUT2D eigenvalue weighted by molar-refractivity contribution is 5.31. The van der Waals surface area contributed by atoms with Gasteiger partial charge >= 0.3 is 0 Å². The molecule has 1 aliphatic rings. The molecule has 1 fully saturated rings. The average molecular weight is 276 g/mol. The number of ether oxygens (including phenoxy) is 1. The number of hydrogen-bond donors (Lipinski definition) is 1. The van der Waals surface area contributed by atoms with E-state index in [1.54, 1.807) is 7.11 Å². The molecule has 3 heteroatoms. The molecule has 4 atom stereocenters. The summed E-state index contributed by atoms with van der Waals surface area (Å²) in [5.41, 5.74) is 7.72. The normalized spacial score (nSPS) is 26.4. The molecule has 0 aliphatic carbocycles. The van der Waals surface area contributed by atoms with Gasteiger partial charge in [0.1, 0.15) is 5.75 Å². The van der Waals surface area contributed by atoms with Crippen LogP contribution in [-0.2, 0) is 0 Å². The largest absolute Gasteiger partial charge is 0.497 e. The minimum Gasteiger partial charge on any atom is -0.497 e. The van der Waals surface area contributed by atoms with Gasteiger partial charge in [-0.2, -0.15) is 0 Å². The molecule has 0 radical (unpaired) electrons. The number of rotatable bonds is 5. The summed E-state index contributed by atoms with van der Waals surface area (Å²) in [5.74, 6) is 1.66. The smallest absolute Gasteiger partial charge is 0.119 e. The van der Waals surface area contributed by atoms with Gasteiger partial charge in [-0.15, -0.1) is 0 Å². The van der Waals surface area contributed by atoms with Gasteiger partial charge in [-0.1, -0.05) is 26.0 Å². The zero-order chi connectivity index (χ0) is 14.7. The van der Waals surface area contributed by atoms with Crippen molar-refractivity contribution < 1.29 is 4.74 Å². The van der Waals surface area contributed by atoms with Crippen molar-refractivity contribution in [1.82, 2.24) is 4.90 Å². The lowest BCUT2D eigenvalue weighted by atomic mass is 9.95. The molecule has 20 heavy (non-hydrogen) atoms. The van der Waals surface area contributed by atoms with E-state index < -0.39 is 0 Å². The molecule has 0 saturated carbocycles. The molecule has 112 valence electrons. The average Bonchev–Trinajstić information content (AvgIpc) is 2.78. The van der Waals surface area contributed by atoms with Crippen molar-refractivity contribution in [3.8, 4) is 5.75 Å². The lowest BCUT2D eigenvalue weighted by Gasteiger charge is -2.36. The summed E-state index contributed by atoms with van der Waals surface area (Å²) >= 11 is 0. The first-order chi connectivity index (χ1) is 9.56. The van der Waals surface area contributed by atoms with E-state index >= 15 is 0 Å². The summed E-state index contributed by atoms with van der Waals surface area (Å²) in [6.45, 7) is 7.95. The maximum absolute atomic E-state index is 6.45. The third-order valence-electron chi connectivity index (χ3n) is 4.50. The van der Waals surface area contributed by atoms with Crippen LogP contribution in [0.2, 0.25) is 0 Å². The Morgan fingerprint density at radius 3 is 2.70 bits per heavy atom. The van der Waals surface area contributed by atoms with Crippen LogP contribution in [0.4, 0.5) is 0 Å². The Hall–Kier alpha value is -1.06. The number of methoxy groups -OCH3 is 1. The highest BCUT2D eigenvalue weighted by Gasteiger charge is 2.35. The van der Waals surface area contributed by atoms with E-state index in [-0.39, 0.29) is 12.1 Å². The number of benzene rings is 1. The first kappa shape index (κ1) is 15.3. The van der Waals surface area contributed by atoms with E-state index in [0.717, 1.165) is 24.6 Å². The van der Waals surface area contributed by atoms with Gasteiger partial charge in [0.05, 0.1) is 13.2 Å². The monoisotopic (exact) mass is 276 g/mol. The van der Waals surface area contributed by atoms with E-state index in [0.29, 0.717) is 6.04 Å². The molecule has 0 amide bonds. The SMILES string of the molecule is CCC(N)C(c1cccc(OC)c1)N1CC(C)CC1C. The van der Waals surface area contributed by atoms with Crippen LogP contribution in [0.15, 0.2) is 24.3 Å². The van der Waals surface area contributed by atoms with Gasteiger partial charge in [0.25, 0.3) is 0 Å². The minimum absolute atomic E-state index is 0.162. The molecular weight excluding hydrogens is 248 g/mol. The minimum atomic E-state index is 0.162. The fourth-order valence-corrected chi connectivity index (χ4v) is 3.45. The van der Waals surface area contributed by atoms with E-state index in [4.69, 9.17) is 10.5 Å². The first-order valence-corrected chi connectivity index (χ1v) is 7.72. The van der Waals surface area contributed by atoms with Crippen LogP contribution >= 0.6 is 0 Å². The predicted molar refractivity (Wildman–Crippen MR) is 84.0 cm³/mol. The van der Waals surface area contributed by atoms with Crippen molar-refractivity contribution in [3.63, 3.8) is 0 Å². The number of hydrogen-bond acceptors (Lipinski definition) is 3. The second-order valence-electron chi connectivity index (χ2n) is 6.18. The summed E-state index contributed by atoms with van der Waals surface area (Å²) in [6.07, 6.45) is 2.25. The van der Waals surface area contributed by atoms with Gasteiger partial charge in [-0.3, -0.25) is 4.90 Å². The second kappa shape index (κ2) is 6.59. The second-order valence-corrected chi connectivity index (χ2v) is 6.18. The zero-order valence-corrected chi connectivity index (χ0v) is 13.2. The Bertz CT molecular complexity index is 435. The van der Waals surface area contributed by atoms with Crippen LogP contribution in [0.1, 0.15) is 45.2 Å². The summed E-state index contributed by atoms with van der Waals surface area (Å²) in [6, 6.07) is 9.42. The topological polar surface area (TPSA) is 38.5 Å². The Balaban J connectivity index is 2.32. The first-order valence-electron chi connectivity index (χ1n) is 7.72. The maximum atomic E-state index is 6.45. The van der Waals surface area contributed by atoms with Gasteiger partial charge < -0.3 is 10.5 Å². The van der Waals surface area contributed by atoms with E-state index in [1.165, 1.54) is 12.0 Å². The van der Waals surface area contributed by atoms with Gasteiger partial charge in [0.2, 0.25) is 0 Å². The van der Waals surface area contributed by atoms with Crippen LogP contribution in [0, 0.1) is 5.92 Å². The number of likely N-dealkylation sites (tertiary alicyclic amines) is 1. The summed E-state index contributed by atoms with van der Waals surface area (Å²) in [5, 5.41) is 0. The van der Waals surface area contributed by atoms with Gasteiger partial charge in [-0.25, -0.2) is 0 Å². The van der Waals surface area contributed by atoms with Crippen molar-refractivity contribution in [2.24, 2.45) is 11.7 Å². The van der Waals surface area contributed by atoms with E-state index in [1.807, 2.05) is 6.07 Å². The Labute approximate surface area is 123 Å². The van der Waals surface area contributed by atoms with Crippen molar-refractivity contribution in [2.75, 3.05) is 13.7 Å². The lowest BCUT2D eigenvalue weighted by molar-refractivity contribution is 0.160. The quantitative estimate of drug-likeness (QED) is 0.897. The Morgan fingerprint density at radius 1 is 1.40 bits per heavy atom. The van der Waals surface area contributed by atoms with E-state index in [2.05, 4.69) is 43.9 Å². The predicted octanol–water partition coefficient (Wildman–Crippen LogP) is 3.20. The number of nitrogens with zero attached hydrogens (tertiary/aromatic N) is 1. The molecule has 0 spiro atoms. The summed E-state index contributed by atoms with van der Waals surface area (Å²) in [7, 11) is 1.72. The molecule has 2 N–H and O–H groups in total. The van der Waals surface area contributed by atoms with Crippen molar-refractivity contribution in [1.29, 1.82) is 0 Å². The number of nitrogens with two attached hydrogens (primary N) is 1. The summed E-state index contributed by atoms with van der Waals surface area (Å²) in [4.78, 5) is 2.58. The highest BCUT2D eigenvalue weighted by Crippen LogP contribution is 2.35. The van der Waals surface area contributed by atoms with Crippen molar-refractivity contribution in [3.05, 3.63) is 29.8 Å². The van der Waals surface area contributed by atoms with Crippen LogP contribution in [0.25, 0.3) is 0 Å². The fraction of sp³-hybridized carbons (Fsp3) is 0.647. The molecule has 1 aromatic rings. The Kier molecular flexibility index (Phi) is 5.06. The zero-order valence-electron chi connectivity index (χ0n) is 13.2. The van der Waals surface area contributed by atoms with Crippen LogP contribution in [0.5, 0.6) is 5.75 Å². The Morgan fingerprint density at radius 2 is 2.15 bits per heavy atom. The molecular formula is C17H28N2O.